The fourth-order valence-corrected chi connectivity index (χ4v) is 4.66. The summed E-state index contributed by atoms with van der Waals surface area (Å²) < 4.78 is 6.02. The lowest BCUT2D eigenvalue weighted by atomic mass is 9.90. The number of carbonyl (C=O) groups excluding carboxylic acids is 3. The molecule has 1 aliphatic heterocycles. The van der Waals surface area contributed by atoms with Gasteiger partial charge in [-0.1, -0.05) is 18.2 Å². The molecule has 0 spiro atoms. The van der Waals surface area contributed by atoms with E-state index in [1.165, 1.54) is 5.56 Å². The molecule has 4 rings (SSSR count). The number of primary amides is 1. The van der Waals surface area contributed by atoms with E-state index in [0.29, 0.717) is 29.3 Å². The van der Waals surface area contributed by atoms with E-state index in [0.717, 1.165) is 32.6 Å². The largest absolute Gasteiger partial charge is 0.493 e. The lowest BCUT2D eigenvalue weighted by Gasteiger charge is -2.25. The number of amides is 3. The van der Waals surface area contributed by atoms with Crippen molar-refractivity contribution in [3.63, 3.8) is 0 Å². The number of nitrogens with one attached hydrogen (secondary N) is 1. The van der Waals surface area contributed by atoms with Crippen LogP contribution in [0.4, 0.5) is 11.4 Å². The van der Waals surface area contributed by atoms with Crippen LogP contribution in [0.2, 0.25) is 0 Å². The van der Waals surface area contributed by atoms with E-state index in [1.54, 1.807) is 62.0 Å². The third-order valence-electron chi connectivity index (χ3n) is 7.13. The van der Waals surface area contributed by atoms with Gasteiger partial charge in [-0.25, -0.2) is 0 Å². The van der Waals surface area contributed by atoms with Crippen LogP contribution in [0.3, 0.4) is 0 Å². The fourth-order valence-electron chi connectivity index (χ4n) is 4.66. The predicted octanol–water partition coefficient (Wildman–Crippen LogP) is 4.17. The summed E-state index contributed by atoms with van der Waals surface area (Å²) >= 11 is 0. The summed E-state index contributed by atoms with van der Waals surface area (Å²) in [5.41, 5.74) is 7.02. The highest BCUT2D eigenvalue weighted by Crippen LogP contribution is 2.39. The van der Waals surface area contributed by atoms with E-state index in [-0.39, 0.29) is 42.5 Å². The SMILES string of the molecule is CNCCN(CCCOc1ccc2c(c1)N(C)C(=O)C(C)(C)C(=O)N2C)Cc1ccncc1.Cl.Cl.NC(=O)c1ccccc1. The first-order valence-electron chi connectivity index (χ1n) is 14.0. The van der Waals surface area contributed by atoms with Gasteiger partial charge in [-0.05, 0) is 69.3 Å². The summed E-state index contributed by atoms with van der Waals surface area (Å²) in [4.78, 5) is 45.7. The highest BCUT2D eigenvalue weighted by atomic mass is 35.5. The number of fused-ring (bicyclic) bond motifs is 1. The van der Waals surface area contributed by atoms with Gasteiger partial charge < -0.3 is 25.6 Å². The van der Waals surface area contributed by atoms with Crippen molar-refractivity contribution in [2.75, 3.05) is 57.2 Å². The molecule has 0 fully saturated rings. The van der Waals surface area contributed by atoms with E-state index in [1.807, 2.05) is 55.8 Å². The monoisotopic (exact) mass is 646 g/mol. The molecule has 3 N–H and O–H groups in total. The first-order chi connectivity index (χ1) is 20.1. The number of likely N-dealkylation sites (N-methyl/N-ethyl adjacent to an activating group) is 1. The van der Waals surface area contributed by atoms with Gasteiger partial charge in [-0.15, -0.1) is 24.8 Å². The first-order valence-corrected chi connectivity index (χ1v) is 14.0. The number of benzene rings is 2. The van der Waals surface area contributed by atoms with Gasteiger partial charge in [0, 0.05) is 64.3 Å². The van der Waals surface area contributed by atoms with Gasteiger partial charge in [-0.3, -0.25) is 24.3 Å². The molecule has 0 atom stereocenters. The standard InChI is InChI=1S/C25H35N5O3.C7H7NO.2ClH/c1-25(2)23(31)28(4)21-8-7-20(17-22(21)29(5)24(25)32)33-16-6-14-30(15-13-26-3)18-19-9-11-27-12-10-19;8-7(9)6-4-2-1-3-5-6;;/h7-12,17,26H,6,13-16,18H2,1-5H3;1-5H,(H2,8,9);2*1H. The van der Waals surface area contributed by atoms with Crippen molar-refractivity contribution < 1.29 is 19.1 Å². The molecule has 3 amide bonds. The number of pyridine rings is 1. The highest BCUT2D eigenvalue weighted by molar-refractivity contribution is 6.19. The number of hydrogen-bond acceptors (Lipinski definition) is 7. The number of nitrogens with two attached hydrogens (primary N) is 1. The smallest absolute Gasteiger partial charge is 0.248 e. The molecule has 0 radical (unpaired) electrons. The summed E-state index contributed by atoms with van der Waals surface area (Å²) in [6, 6.07) is 18.4. The zero-order valence-corrected chi connectivity index (χ0v) is 27.6. The number of anilines is 2. The highest BCUT2D eigenvalue weighted by Gasteiger charge is 2.44. The van der Waals surface area contributed by atoms with Crippen LogP contribution in [-0.4, -0.2) is 75.0 Å². The molecule has 0 bridgehead atoms. The molecular formula is C32H44Cl2N6O4. The molecule has 240 valence electrons. The van der Waals surface area contributed by atoms with Crippen molar-refractivity contribution in [1.29, 1.82) is 0 Å². The summed E-state index contributed by atoms with van der Waals surface area (Å²) in [7, 11) is 5.37. The Morgan fingerprint density at radius 2 is 1.55 bits per heavy atom. The number of ether oxygens (including phenoxy) is 1. The molecular weight excluding hydrogens is 603 g/mol. The van der Waals surface area contributed by atoms with E-state index in [4.69, 9.17) is 10.5 Å². The Morgan fingerprint density at radius 3 is 2.11 bits per heavy atom. The van der Waals surface area contributed by atoms with Gasteiger partial charge in [0.05, 0.1) is 18.0 Å². The van der Waals surface area contributed by atoms with Crippen molar-refractivity contribution in [1.82, 2.24) is 15.2 Å². The Bertz CT molecular complexity index is 1350. The van der Waals surface area contributed by atoms with Crippen molar-refractivity contribution in [3.05, 3.63) is 84.2 Å². The number of aromatic nitrogens is 1. The number of halogens is 2. The molecule has 12 heteroatoms. The minimum Gasteiger partial charge on any atom is -0.493 e. The maximum atomic E-state index is 12.9. The Balaban J connectivity index is 0.000000757. The summed E-state index contributed by atoms with van der Waals surface area (Å²) in [6.07, 6.45) is 4.51. The topological polar surface area (TPSA) is 121 Å². The average molecular weight is 648 g/mol. The number of rotatable bonds is 11. The summed E-state index contributed by atoms with van der Waals surface area (Å²) in [6.45, 7) is 7.52. The number of nitrogens with zero attached hydrogens (tertiary/aromatic N) is 4. The average Bonchev–Trinajstić information content (AvgIpc) is 3.05. The molecule has 0 saturated heterocycles. The van der Waals surface area contributed by atoms with Gasteiger partial charge in [0.1, 0.15) is 11.2 Å². The van der Waals surface area contributed by atoms with E-state index in [2.05, 4.69) is 15.2 Å². The normalized spacial score (nSPS) is 13.5. The van der Waals surface area contributed by atoms with Crippen LogP contribution in [0.5, 0.6) is 5.75 Å². The predicted molar refractivity (Wildman–Crippen MR) is 180 cm³/mol. The Kier molecular flexibility index (Phi) is 15.8. The van der Waals surface area contributed by atoms with Crippen LogP contribution in [0.25, 0.3) is 0 Å². The summed E-state index contributed by atoms with van der Waals surface area (Å²) in [5, 5.41) is 3.21. The van der Waals surface area contributed by atoms with Crippen molar-refractivity contribution in [3.8, 4) is 5.75 Å². The molecule has 10 nitrogen and oxygen atoms in total. The second kappa shape index (κ2) is 18.2. The molecule has 44 heavy (non-hydrogen) atoms. The van der Waals surface area contributed by atoms with Crippen molar-refractivity contribution >= 4 is 53.9 Å². The minimum absolute atomic E-state index is 0. The molecule has 3 aromatic rings. The number of carbonyl (C=O) groups is 3. The third kappa shape index (κ3) is 10.2. The molecule has 1 aromatic heterocycles. The lowest BCUT2D eigenvalue weighted by molar-refractivity contribution is -0.137. The Labute approximate surface area is 272 Å². The Morgan fingerprint density at radius 1 is 0.932 bits per heavy atom. The molecule has 0 aliphatic carbocycles. The summed E-state index contributed by atoms with van der Waals surface area (Å²) in [5.74, 6) is -0.144. The van der Waals surface area contributed by atoms with Crippen LogP contribution >= 0.6 is 24.8 Å². The van der Waals surface area contributed by atoms with Gasteiger partial charge >= 0.3 is 0 Å². The second-order valence-corrected chi connectivity index (χ2v) is 10.7. The second-order valence-electron chi connectivity index (χ2n) is 10.7. The molecule has 1 aliphatic rings. The maximum Gasteiger partial charge on any atom is 0.248 e. The van der Waals surface area contributed by atoms with Gasteiger partial charge in [0.2, 0.25) is 17.7 Å². The molecule has 0 saturated carbocycles. The van der Waals surface area contributed by atoms with Crippen molar-refractivity contribution in [2.45, 2.75) is 26.8 Å². The first kappa shape index (κ1) is 38.3. The number of hydrogen-bond donors (Lipinski definition) is 2. The van der Waals surface area contributed by atoms with Crippen molar-refractivity contribution in [2.24, 2.45) is 11.1 Å². The zero-order chi connectivity index (χ0) is 30.7. The quantitative estimate of drug-likeness (QED) is 0.237. The van der Waals surface area contributed by atoms with E-state index >= 15 is 0 Å². The lowest BCUT2D eigenvalue weighted by Crippen LogP contribution is -2.46. The Hall–Kier alpha value is -3.70. The zero-order valence-electron chi connectivity index (χ0n) is 26.0. The molecule has 2 heterocycles. The maximum absolute atomic E-state index is 12.9. The van der Waals surface area contributed by atoms with Crippen LogP contribution in [0.1, 0.15) is 36.2 Å². The van der Waals surface area contributed by atoms with Gasteiger partial charge in [0.15, 0.2) is 0 Å². The minimum atomic E-state index is -1.12. The van der Waals surface area contributed by atoms with Gasteiger partial charge in [0.25, 0.3) is 0 Å². The molecule has 0 unspecified atom stereocenters. The van der Waals surface area contributed by atoms with E-state index < -0.39 is 5.41 Å². The third-order valence-corrected chi connectivity index (χ3v) is 7.13. The fraction of sp³-hybridized carbons (Fsp3) is 0.375. The van der Waals surface area contributed by atoms with E-state index in [9.17, 15) is 14.4 Å². The van der Waals surface area contributed by atoms with Crippen LogP contribution in [0.15, 0.2) is 73.1 Å². The van der Waals surface area contributed by atoms with Crippen LogP contribution in [-0.2, 0) is 16.1 Å². The van der Waals surface area contributed by atoms with Crippen LogP contribution < -0.4 is 25.6 Å². The van der Waals surface area contributed by atoms with Crippen LogP contribution in [0, 0.1) is 5.41 Å². The van der Waals surface area contributed by atoms with Gasteiger partial charge in [-0.2, -0.15) is 0 Å². The molecule has 2 aromatic carbocycles.